The van der Waals surface area contributed by atoms with E-state index in [1.807, 2.05) is 23.1 Å². The lowest BCUT2D eigenvalue weighted by Gasteiger charge is -2.50. The van der Waals surface area contributed by atoms with Crippen LogP contribution < -0.4 is 4.74 Å². The number of aryl methyl sites for hydroxylation is 1. The van der Waals surface area contributed by atoms with Crippen molar-refractivity contribution in [2.24, 2.45) is 5.92 Å². The Morgan fingerprint density at radius 2 is 2.06 bits per heavy atom. The van der Waals surface area contributed by atoms with Crippen molar-refractivity contribution in [3.63, 3.8) is 0 Å². The minimum atomic E-state index is -5.08. The Kier molecular flexibility index (Phi) is 6.78. The summed E-state index contributed by atoms with van der Waals surface area (Å²) in [5.74, 6) is -1.65. The third-order valence-electron chi connectivity index (χ3n) is 6.41. The maximum absolute atomic E-state index is 12.8. The summed E-state index contributed by atoms with van der Waals surface area (Å²) in [5.41, 5.74) is 2.66. The zero-order chi connectivity index (χ0) is 24.3. The van der Waals surface area contributed by atoms with Crippen LogP contribution in [0.3, 0.4) is 0 Å². The van der Waals surface area contributed by atoms with Gasteiger partial charge in [0.05, 0.1) is 19.7 Å². The number of carboxylic acid groups (broad SMARTS) is 1. The number of hydrogen-bond acceptors (Lipinski definition) is 6. The molecule has 4 heterocycles. The summed E-state index contributed by atoms with van der Waals surface area (Å²) < 4.78 is 43.6. The van der Waals surface area contributed by atoms with E-state index in [1.165, 1.54) is 0 Å². The number of nitrogens with one attached hydrogen (secondary N) is 1. The van der Waals surface area contributed by atoms with Gasteiger partial charge in [-0.1, -0.05) is 6.07 Å². The monoisotopic (exact) mass is 482 g/mol. The highest BCUT2D eigenvalue weighted by Crippen LogP contribution is 2.42. The molecule has 5 rings (SSSR count). The number of aliphatic carboxylic acids is 1. The molecule has 1 atom stereocenters. The van der Waals surface area contributed by atoms with Gasteiger partial charge in [-0.05, 0) is 44.1 Å². The Hall–Kier alpha value is -3.15. The Bertz CT molecular complexity index is 1020. The van der Waals surface area contributed by atoms with Crippen LogP contribution in [0.15, 0.2) is 24.4 Å². The minimum Gasteiger partial charge on any atom is -0.478 e. The smallest absolute Gasteiger partial charge is 0.478 e. The normalized spacial score (nSPS) is 20.3. The zero-order valence-corrected chi connectivity index (χ0v) is 18.3. The topological polar surface area (TPSA) is 118 Å². The first kappa shape index (κ1) is 24.0. The first-order valence-electron chi connectivity index (χ1n) is 11.0. The van der Waals surface area contributed by atoms with E-state index in [0.29, 0.717) is 37.2 Å². The number of amides is 1. The highest BCUT2D eigenvalue weighted by atomic mass is 19.4. The van der Waals surface area contributed by atoms with Crippen LogP contribution in [0.2, 0.25) is 0 Å². The lowest BCUT2D eigenvalue weighted by Crippen LogP contribution is -2.66. The molecule has 3 aliphatic rings. The lowest BCUT2D eigenvalue weighted by molar-refractivity contribution is -0.192. The number of aromatic nitrogens is 3. The molecule has 1 unspecified atom stereocenters. The largest absolute Gasteiger partial charge is 0.490 e. The lowest BCUT2D eigenvalue weighted by atomic mass is 9.79. The van der Waals surface area contributed by atoms with E-state index in [0.717, 1.165) is 50.0 Å². The van der Waals surface area contributed by atoms with Gasteiger partial charge >= 0.3 is 12.1 Å². The molecule has 1 aliphatic carbocycles. The molecule has 1 amide bonds. The van der Waals surface area contributed by atoms with Crippen molar-refractivity contribution in [1.82, 2.24) is 20.1 Å². The summed E-state index contributed by atoms with van der Waals surface area (Å²) >= 11 is 0. The Labute approximate surface area is 193 Å². The van der Waals surface area contributed by atoms with Crippen LogP contribution in [0.5, 0.6) is 5.88 Å². The number of nitrogens with zero attached hydrogens (tertiary/aromatic N) is 3. The van der Waals surface area contributed by atoms with Gasteiger partial charge in [-0.25, -0.2) is 9.78 Å². The van der Waals surface area contributed by atoms with Gasteiger partial charge in [-0.15, -0.1) is 0 Å². The Morgan fingerprint density at radius 3 is 2.74 bits per heavy atom. The van der Waals surface area contributed by atoms with Crippen LogP contribution in [-0.2, 0) is 22.4 Å². The number of ether oxygens (including phenoxy) is 2. The summed E-state index contributed by atoms with van der Waals surface area (Å²) in [7, 11) is 0. The number of fused-ring (bicyclic) bond motifs is 1. The van der Waals surface area contributed by atoms with Crippen molar-refractivity contribution in [2.75, 3.05) is 26.3 Å². The summed E-state index contributed by atoms with van der Waals surface area (Å²) in [6, 6.07) is 5.66. The number of pyridine rings is 1. The molecule has 9 nitrogen and oxygen atoms in total. The van der Waals surface area contributed by atoms with Gasteiger partial charge in [-0.2, -0.15) is 18.3 Å². The molecule has 0 radical (unpaired) electrons. The molecular weight excluding hydrogens is 457 g/mol. The quantitative estimate of drug-likeness (QED) is 0.673. The number of carbonyl (C=O) groups is 2. The fourth-order valence-corrected chi connectivity index (χ4v) is 4.67. The SMILES string of the molecule is O=C(O)C(F)(F)F.O=C(c1n[nH]c2c1CCC2)N1CC2(C1)OCCC2CCOc1ccccn1. The fourth-order valence-electron chi connectivity index (χ4n) is 4.67. The van der Waals surface area contributed by atoms with Crippen LogP contribution in [0, 0.1) is 5.92 Å². The number of rotatable bonds is 5. The average Bonchev–Trinajstić information content (AvgIpc) is 3.48. The predicted octanol–water partition coefficient (Wildman–Crippen LogP) is 2.63. The highest BCUT2D eigenvalue weighted by Gasteiger charge is 2.54. The fraction of sp³-hybridized carbons (Fsp3) is 0.545. The first-order chi connectivity index (χ1) is 16.2. The van der Waals surface area contributed by atoms with Crippen LogP contribution in [0.4, 0.5) is 13.2 Å². The molecule has 2 aliphatic heterocycles. The molecule has 0 saturated carbocycles. The van der Waals surface area contributed by atoms with Crippen molar-refractivity contribution < 1.29 is 37.3 Å². The number of carboxylic acids is 1. The summed E-state index contributed by atoms with van der Waals surface area (Å²) in [6.45, 7) is 2.69. The first-order valence-corrected chi connectivity index (χ1v) is 11.0. The average molecular weight is 482 g/mol. The van der Waals surface area contributed by atoms with Gasteiger partial charge in [-0.3, -0.25) is 9.89 Å². The van der Waals surface area contributed by atoms with Gasteiger partial charge in [0.2, 0.25) is 5.88 Å². The third-order valence-corrected chi connectivity index (χ3v) is 6.41. The van der Waals surface area contributed by atoms with E-state index in [9.17, 15) is 18.0 Å². The molecule has 0 bridgehead atoms. The molecule has 34 heavy (non-hydrogen) atoms. The second kappa shape index (κ2) is 9.61. The number of carbonyl (C=O) groups excluding carboxylic acids is 1. The Balaban J connectivity index is 0.000000344. The number of H-pyrrole nitrogens is 1. The molecule has 0 aromatic carbocycles. The van der Waals surface area contributed by atoms with Crippen LogP contribution in [0.1, 0.15) is 41.0 Å². The number of likely N-dealkylation sites (tertiary alicyclic amines) is 1. The van der Waals surface area contributed by atoms with E-state index in [1.54, 1.807) is 6.20 Å². The number of aromatic amines is 1. The van der Waals surface area contributed by atoms with Crippen molar-refractivity contribution in [2.45, 2.75) is 43.9 Å². The van der Waals surface area contributed by atoms with Crippen molar-refractivity contribution in [3.8, 4) is 5.88 Å². The van der Waals surface area contributed by atoms with Gasteiger partial charge in [0, 0.05) is 30.1 Å². The molecule has 2 aromatic rings. The third kappa shape index (κ3) is 5.01. The standard InChI is InChI=1S/C20H24N4O3.C2HF3O2/c25-19(18-15-4-3-5-16(15)22-23-18)24-12-20(13-24)14(8-11-27-20)7-10-26-17-6-1-2-9-21-17;3-2(4,5)1(6)7/h1-2,6,9,14H,3-5,7-8,10-13H2,(H,22,23);(H,6,7). The van der Waals surface area contributed by atoms with E-state index < -0.39 is 12.1 Å². The molecule has 2 saturated heterocycles. The van der Waals surface area contributed by atoms with Gasteiger partial charge in [0.25, 0.3) is 5.91 Å². The van der Waals surface area contributed by atoms with Gasteiger partial charge < -0.3 is 19.5 Å². The van der Waals surface area contributed by atoms with Crippen molar-refractivity contribution in [1.29, 1.82) is 0 Å². The summed E-state index contributed by atoms with van der Waals surface area (Å²) in [5, 5.41) is 14.4. The minimum absolute atomic E-state index is 0.0408. The van der Waals surface area contributed by atoms with E-state index >= 15 is 0 Å². The highest BCUT2D eigenvalue weighted by molar-refractivity contribution is 5.95. The van der Waals surface area contributed by atoms with E-state index in [4.69, 9.17) is 19.4 Å². The zero-order valence-electron chi connectivity index (χ0n) is 18.3. The summed E-state index contributed by atoms with van der Waals surface area (Å²) in [6.07, 6.45) is 1.64. The van der Waals surface area contributed by atoms with E-state index in [2.05, 4.69) is 15.2 Å². The number of hydrogen-bond donors (Lipinski definition) is 2. The molecule has 2 N–H and O–H groups in total. The molecular formula is C22H25F3N4O5. The second-order valence-electron chi connectivity index (χ2n) is 8.55. The maximum Gasteiger partial charge on any atom is 0.490 e. The van der Waals surface area contributed by atoms with Crippen molar-refractivity contribution >= 4 is 11.9 Å². The van der Waals surface area contributed by atoms with Crippen LogP contribution >= 0.6 is 0 Å². The van der Waals surface area contributed by atoms with Crippen molar-refractivity contribution in [3.05, 3.63) is 41.3 Å². The molecule has 1 spiro atoms. The Morgan fingerprint density at radius 1 is 1.29 bits per heavy atom. The van der Waals surface area contributed by atoms with Gasteiger partial charge in [0.1, 0.15) is 5.60 Å². The number of alkyl halides is 3. The molecule has 184 valence electrons. The second-order valence-corrected chi connectivity index (χ2v) is 8.55. The predicted molar refractivity (Wildman–Crippen MR) is 111 cm³/mol. The van der Waals surface area contributed by atoms with Crippen LogP contribution in [-0.4, -0.2) is 75.1 Å². The summed E-state index contributed by atoms with van der Waals surface area (Å²) in [4.78, 5) is 27.8. The molecule has 12 heteroatoms. The van der Waals surface area contributed by atoms with Gasteiger partial charge in [0.15, 0.2) is 5.69 Å². The molecule has 2 fully saturated rings. The van der Waals surface area contributed by atoms with E-state index in [-0.39, 0.29) is 11.5 Å². The van der Waals surface area contributed by atoms with Crippen LogP contribution in [0.25, 0.3) is 0 Å². The molecule has 2 aromatic heterocycles. The maximum atomic E-state index is 12.8. The number of halogens is 3.